The van der Waals surface area contributed by atoms with Crippen LogP contribution in [0.25, 0.3) is 10.1 Å². The maximum absolute atomic E-state index is 11.2. The van der Waals surface area contributed by atoms with E-state index < -0.39 is 12.0 Å². The smallest absolute Gasteiger partial charge is 0.320 e. The Hall–Kier alpha value is -1.39. The Morgan fingerprint density at radius 2 is 2.11 bits per heavy atom. The molecule has 19 heavy (non-hydrogen) atoms. The summed E-state index contributed by atoms with van der Waals surface area (Å²) in [7, 11) is 0. The van der Waals surface area contributed by atoms with Crippen molar-refractivity contribution in [3.63, 3.8) is 0 Å². The third-order valence-electron chi connectivity index (χ3n) is 3.00. The lowest BCUT2D eigenvalue weighted by molar-refractivity contribution is -0.139. The first-order valence-electron chi connectivity index (χ1n) is 6.50. The summed E-state index contributed by atoms with van der Waals surface area (Å²) in [5, 5.41) is 13.5. The van der Waals surface area contributed by atoms with Crippen LogP contribution in [-0.4, -0.2) is 17.1 Å². The van der Waals surface area contributed by atoms with E-state index in [-0.39, 0.29) is 0 Å². The molecule has 2 aromatic rings. The highest BCUT2D eigenvalue weighted by atomic mass is 32.1. The van der Waals surface area contributed by atoms with Crippen molar-refractivity contribution in [1.29, 1.82) is 0 Å². The number of aliphatic carboxylic acids is 1. The van der Waals surface area contributed by atoms with Gasteiger partial charge in [0.25, 0.3) is 0 Å². The molecule has 0 radical (unpaired) electrons. The molecule has 0 saturated heterocycles. The lowest BCUT2D eigenvalue weighted by Gasteiger charge is -2.15. The topological polar surface area (TPSA) is 49.3 Å². The summed E-state index contributed by atoms with van der Waals surface area (Å²) in [6.07, 6.45) is 0.653. The molecule has 1 heterocycles. The molecule has 0 fully saturated rings. The van der Waals surface area contributed by atoms with Crippen molar-refractivity contribution in [1.82, 2.24) is 5.32 Å². The van der Waals surface area contributed by atoms with E-state index in [9.17, 15) is 9.90 Å². The molecule has 1 atom stereocenters. The third kappa shape index (κ3) is 3.78. The largest absolute Gasteiger partial charge is 0.480 e. The maximum atomic E-state index is 11.2. The molecule has 1 unspecified atom stereocenters. The zero-order chi connectivity index (χ0) is 13.8. The second-order valence-electron chi connectivity index (χ2n) is 5.15. The monoisotopic (exact) mass is 277 g/mol. The fourth-order valence-corrected chi connectivity index (χ4v) is 3.11. The van der Waals surface area contributed by atoms with E-state index in [2.05, 4.69) is 23.5 Å². The van der Waals surface area contributed by atoms with Gasteiger partial charge in [-0.1, -0.05) is 32.0 Å². The fourth-order valence-electron chi connectivity index (χ4n) is 2.09. The van der Waals surface area contributed by atoms with Gasteiger partial charge in [-0.2, -0.15) is 0 Å². The first kappa shape index (κ1) is 14.0. The zero-order valence-corrected chi connectivity index (χ0v) is 12.0. The summed E-state index contributed by atoms with van der Waals surface area (Å²) < 4.78 is 1.25. The van der Waals surface area contributed by atoms with Crippen molar-refractivity contribution in [2.45, 2.75) is 32.9 Å². The van der Waals surface area contributed by atoms with Gasteiger partial charge in [-0.25, -0.2) is 0 Å². The van der Waals surface area contributed by atoms with Gasteiger partial charge in [-0.3, -0.25) is 10.1 Å². The number of carbonyl (C=O) groups is 1. The van der Waals surface area contributed by atoms with Crippen molar-refractivity contribution in [3.05, 3.63) is 35.2 Å². The first-order chi connectivity index (χ1) is 9.06. The van der Waals surface area contributed by atoms with E-state index in [0.29, 0.717) is 18.9 Å². The average molecular weight is 277 g/mol. The SMILES string of the molecule is CC(C)CC(NCc1cc2ccccc2s1)C(=O)O. The molecular weight excluding hydrogens is 258 g/mol. The van der Waals surface area contributed by atoms with Crippen LogP contribution in [0.2, 0.25) is 0 Å². The standard InChI is InChI=1S/C15H19NO2S/c1-10(2)7-13(15(17)18)16-9-12-8-11-5-3-4-6-14(11)19-12/h3-6,8,10,13,16H,7,9H2,1-2H3,(H,17,18). The van der Waals surface area contributed by atoms with E-state index in [4.69, 9.17) is 0 Å². The van der Waals surface area contributed by atoms with Crippen LogP contribution >= 0.6 is 11.3 Å². The van der Waals surface area contributed by atoms with Crippen LogP contribution in [0.1, 0.15) is 25.1 Å². The minimum absolute atomic E-state index is 0.371. The van der Waals surface area contributed by atoms with Crippen molar-refractivity contribution in [3.8, 4) is 0 Å². The normalized spacial score (nSPS) is 13.0. The highest BCUT2D eigenvalue weighted by Gasteiger charge is 2.18. The Labute approximate surface area is 117 Å². The van der Waals surface area contributed by atoms with Gasteiger partial charge in [0.15, 0.2) is 0 Å². The molecule has 3 nitrogen and oxygen atoms in total. The number of rotatable bonds is 6. The molecule has 4 heteroatoms. The van der Waals surface area contributed by atoms with Crippen LogP contribution in [-0.2, 0) is 11.3 Å². The second-order valence-corrected chi connectivity index (χ2v) is 6.32. The molecular formula is C15H19NO2S. The number of thiophene rings is 1. The van der Waals surface area contributed by atoms with Crippen molar-refractivity contribution >= 4 is 27.4 Å². The van der Waals surface area contributed by atoms with Crippen LogP contribution in [0.15, 0.2) is 30.3 Å². The number of carboxylic acid groups (broad SMARTS) is 1. The quantitative estimate of drug-likeness (QED) is 0.849. The lowest BCUT2D eigenvalue weighted by Crippen LogP contribution is -2.37. The molecule has 1 aromatic heterocycles. The van der Waals surface area contributed by atoms with Gasteiger partial charge in [0.1, 0.15) is 6.04 Å². The molecule has 2 rings (SSSR count). The second kappa shape index (κ2) is 6.17. The molecule has 0 aliphatic rings. The number of hydrogen-bond acceptors (Lipinski definition) is 3. The highest BCUT2D eigenvalue weighted by Crippen LogP contribution is 2.25. The van der Waals surface area contributed by atoms with Gasteiger partial charge in [0.2, 0.25) is 0 Å². The van der Waals surface area contributed by atoms with Crippen LogP contribution in [0.3, 0.4) is 0 Å². The molecule has 0 saturated carbocycles. The summed E-state index contributed by atoms with van der Waals surface area (Å²) in [5.41, 5.74) is 0. The van der Waals surface area contributed by atoms with E-state index in [1.165, 1.54) is 15.0 Å². The molecule has 2 N–H and O–H groups in total. The van der Waals surface area contributed by atoms with Crippen LogP contribution in [0.5, 0.6) is 0 Å². The highest BCUT2D eigenvalue weighted by molar-refractivity contribution is 7.19. The zero-order valence-electron chi connectivity index (χ0n) is 11.2. The summed E-state index contributed by atoms with van der Waals surface area (Å²) >= 11 is 1.71. The number of fused-ring (bicyclic) bond motifs is 1. The predicted octanol–water partition coefficient (Wildman–Crippen LogP) is 3.49. The van der Waals surface area contributed by atoms with Gasteiger partial charge in [0.05, 0.1) is 0 Å². The van der Waals surface area contributed by atoms with Gasteiger partial charge < -0.3 is 5.11 Å². The number of carboxylic acids is 1. The Kier molecular flexibility index (Phi) is 4.56. The molecule has 0 aliphatic heterocycles. The van der Waals surface area contributed by atoms with Gasteiger partial charge in [-0.05, 0) is 29.9 Å². The summed E-state index contributed by atoms with van der Waals surface area (Å²) in [4.78, 5) is 12.3. The van der Waals surface area contributed by atoms with Crippen LogP contribution in [0, 0.1) is 5.92 Å². The molecule has 0 aliphatic carbocycles. The van der Waals surface area contributed by atoms with Crippen LogP contribution < -0.4 is 5.32 Å². The van der Waals surface area contributed by atoms with Crippen molar-refractivity contribution in [2.75, 3.05) is 0 Å². The Bertz CT molecular complexity index is 529. The number of benzene rings is 1. The molecule has 0 spiro atoms. The van der Waals surface area contributed by atoms with E-state index in [0.717, 1.165) is 0 Å². The molecule has 0 bridgehead atoms. The Balaban J connectivity index is 2.02. The maximum Gasteiger partial charge on any atom is 0.320 e. The average Bonchev–Trinajstić information content (AvgIpc) is 2.76. The third-order valence-corrected chi connectivity index (χ3v) is 4.12. The first-order valence-corrected chi connectivity index (χ1v) is 7.31. The lowest BCUT2D eigenvalue weighted by atomic mass is 10.0. The number of nitrogens with one attached hydrogen (secondary N) is 1. The molecule has 1 aromatic carbocycles. The summed E-state index contributed by atoms with van der Waals surface area (Å²) in [6, 6.07) is 9.87. The van der Waals surface area contributed by atoms with Crippen LogP contribution in [0.4, 0.5) is 0 Å². The van der Waals surface area contributed by atoms with Gasteiger partial charge in [0, 0.05) is 16.1 Å². The minimum atomic E-state index is -0.769. The molecule has 102 valence electrons. The van der Waals surface area contributed by atoms with Gasteiger partial charge >= 0.3 is 5.97 Å². The predicted molar refractivity (Wildman–Crippen MR) is 79.5 cm³/mol. The van der Waals surface area contributed by atoms with Crippen molar-refractivity contribution in [2.24, 2.45) is 5.92 Å². The minimum Gasteiger partial charge on any atom is -0.480 e. The summed E-state index contributed by atoms with van der Waals surface area (Å²) in [6.45, 7) is 4.69. The van der Waals surface area contributed by atoms with E-state index in [1.54, 1.807) is 11.3 Å². The fraction of sp³-hybridized carbons (Fsp3) is 0.400. The number of hydrogen-bond donors (Lipinski definition) is 2. The van der Waals surface area contributed by atoms with Crippen molar-refractivity contribution < 1.29 is 9.90 Å². The van der Waals surface area contributed by atoms with E-state index in [1.807, 2.05) is 26.0 Å². The Morgan fingerprint density at radius 3 is 2.74 bits per heavy atom. The molecule has 0 amide bonds. The van der Waals surface area contributed by atoms with E-state index >= 15 is 0 Å². The summed E-state index contributed by atoms with van der Waals surface area (Å²) in [5.74, 6) is -0.397. The Morgan fingerprint density at radius 1 is 1.37 bits per heavy atom. The van der Waals surface area contributed by atoms with Gasteiger partial charge in [-0.15, -0.1) is 11.3 Å².